The molecule has 2 nitrogen and oxygen atoms in total. The van der Waals surface area contributed by atoms with Crippen LogP contribution in [0, 0.1) is 6.92 Å². The fraction of sp³-hybridized carbons (Fsp3) is 0.286. The summed E-state index contributed by atoms with van der Waals surface area (Å²) in [4.78, 5) is 11.8. The zero-order valence-electron chi connectivity index (χ0n) is 9.24. The van der Waals surface area contributed by atoms with Crippen molar-refractivity contribution in [2.24, 2.45) is 0 Å². The first-order valence-electron chi connectivity index (χ1n) is 5.62. The first-order chi connectivity index (χ1) is 7.81. The normalized spacial score (nSPS) is 10.8. The van der Waals surface area contributed by atoms with Crippen LogP contribution in [0.15, 0.2) is 39.5 Å². The largest absolute Gasteiger partial charge is 0.461 e. The molecule has 0 aliphatic carbocycles. The number of para-hydroxylation sites is 1. The van der Waals surface area contributed by atoms with Gasteiger partial charge in [-0.15, -0.1) is 0 Å². The first-order valence-corrected chi connectivity index (χ1v) is 5.62. The van der Waals surface area contributed by atoms with E-state index >= 15 is 0 Å². The summed E-state index contributed by atoms with van der Waals surface area (Å²) in [5.41, 5.74) is 0.728. The van der Waals surface area contributed by atoms with E-state index in [1.807, 2.05) is 18.2 Å². The summed E-state index contributed by atoms with van der Waals surface area (Å²) >= 11 is 0. The summed E-state index contributed by atoms with van der Waals surface area (Å²) < 4.78 is 5.67. The number of aryl methyl sites for hydroxylation is 1. The van der Waals surface area contributed by atoms with Gasteiger partial charge in [0.25, 0.3) is 0 Å². The molecule has 2 aromatic rings. The minimum atomic E-state index is 0.0477. The van der Waals surface area contributed by atoms with Gasteiger partial charge in [0, 0.05) is 12.5 Å². The fourth-order valence-electron chi connectivity index (χ4n) is 1.75. The predicted octanol–water partition coefficient (Wildman–Crippen LogP) is 3.34. The van der Waals surface area contributed by atoms with Crippen molar-refractivity contribution < 1.29 is 4.42 Å². The van der Waals surface area contributed by atoms with Gasteiger partial charge in [-0.1, -0.05) is 31.9 Å². The molecule has 16 heavy (non-hydrogen) atoms. The molecule has 0 atom stereocenters. The molecule has 0 fully saturated rings. The lowest BCUT2D eigenvalue weighted by molar-refractivity contribution is 0.521. The van der Waals surface area contributed by atoms with Crippen LogP contribution >= 0.6 is 0 Å². The Morgan fingerprint density at radius 1 is 1.19 bits per heavy atom. The zero-order valence-corrected chi connectivity index (χ0v) is 9.24. The SMILES string of the molecule is [CH2]CCCCc1cc(=O)c2ccccc2o1. The smallest absolute Gasteiger partial charge is 0.192 e. The van der Waals surface area contributed by atoms with Crippen LogP contribution in [0.4, 0.5) is 0 Å². The van der Waals surface area contributed by atoms with Crippen molar-refractivity contribution in [1.29, 1.82) is 0 Å². The fourth-order valence-corrected chi connectivity index (χ4v) is 1.75. The molecule has 1 radical (unpaired) electrons. The third-order valence-electron chi connectivity index (χ3n) is 2.61. The zero-order chi connectivity index (χ0) is 11.4. The Bertz CT molecular complexity index is 525. The van der Waals surface area contributed by atoms with Gasteiger partial charge < -0.3 is 4.42 Å². The van der Waals surface area contributed by atoms with Gasteiger partial charge in [0.05, 0.1) is 5.39 Å². The minimum Gasteiger partial charge on any atom is -0.461 e. The number of benzene rings is 1. The van der Waals surface area contributed by atoms with Gasteiger partial charge in [-0.05, 0) is 18.6 Å². The molecular formula is C14H15O2. The standard InChI is InChI=1S/C14H15O2/c1-2-3-4-7-11-10-13(15)12-8-5-6-9-14(12)16-11/h5-6,8-10H,1-4,7H2. The Morgan fingerprint density at radius 2 is 2.00 bits per heavy atom. The average molecular weight is 215 g/mol. The molecule has 2 heteroatoms. The van der Waals surface area contributed by atoms with Crippen LogP contribution in [-0.2, 0) is 6.42 Å². The van der Waals surface area contributed by atoms with Crippen LogP contribution in [0.5, 0.6) is 0 Å². The van der Waals surface area contributed by atoms with Crippen LogP contribution in [-0.4, -0.2) is 0 Å². The molecule has 0 spiro atoms. The molecule has 0 saturated heterocycles. The van der Waals surface area contributed by atoms with Crippen LogP contribution in [0.25, 0.3) is 11.0 Å². The molecular weight excluding hydrogens is 200 g/mol. The van der Waals surface area contributed by atoms with E-state index in [2.05, 4.69) is 6.92 Å². The summed E-state index contributed by atoms with van der Waals surface area (Å²) in [5.74, 6) is 0.775. The van der Waals surface area contributed by atoms with Crippen molar-refractivity contribution in [1.82, 2.24) is 0 Å². The van der Waals surface area contributed by atoms with Crippen molar-refractivity contribution in [2.45, 2.75) is 25.7 Å². The Hall–Kier alpha value is -1.57. The number of hydrogen-bond donors (Lipinski definition) is 0. The molecule has 0 N–H and O–H groups in total. The van der Waals surface area contributed by atoms with E-state index in [0.29, 0.717) is 11.0 Å². The van der Waals surface area contributed by atoms with E-state index in [9.17, 15) is 4.79 Å². The van der Waals surface area contributed by atoms with Gasteiger partial charge >= 0.3 is 0 Å². The highest BCUT2D eigenvalue weighted by Crippen LogP contribution is 2.13. The van der Waals surface area contributed by atoms with Crippen molar-refractivity contribution in [3.63, 3.8) is 0 Å². The molecule has 1 aromatic carbocycles. The maximum Gasteiger partial charge on any atom is 0.192 e. The second kappa shape index (κ2) is 4.97. The molecule has 83 valence electrons. The molecule has 0 aliphatic rings. The Morgan fingerprint density at radius 3 is 2.81 bits per heavy atom. The van der Waals surface area contributed by atoms with Crippen molar-refractivity contribution in [2.75, 3.05) is 0 Å². The van der Waals surface area contributed by atoms with Crippen LogP contribution in [0.2, 0.25) is 0 Å². The molecule has 0 unspecified atom stereocenters. The molecule has 0 aliphatic heterocycles. The lowest BCUT2D eigenvalue weighted by Crippen LogP contribution is -2.01. The van der Waals surface area contributed by atoms with E-state index in [1.54, 1.807) is 12.1 Å². The van der Waals surface area contributed by atoms with Gasteiger partial charge in [0.2, 0.25) is 0 Å². The maximum atomic E-state index is 11.8. The second-order valence-corrected chi connectivity index (χ2v) is 3.88. The number of hydrogen-bond acceptors (Lipinski definition) is 2. The second-order valence-electron chi connectivity index (χ2n) is 3.88. The summed E-state index contributed by atoms with van der Waals surface area (Å²) in [5, 5.41) is 0.656. The van der Waals surface area contributed by atoms with Gasteiger partial charge in [-0.2, -0.15) is 0 Å². The third-order valence-corrected chi connectivity index (χ3v) is 2.61. The van der Waals surface area contributed by atoms with E-state index in [1.165, 1.54) is 0 Å². The lowest BCUT2D eigenvalue weighted by Gasteiger charge is -2.01. The third kappa shape index (κ3) is 2.32. The van der Waals surface area contributed by atoms with Crippen molar-refractivity contribution in [3.05, 3.63) is 53.2 Å². The monoisotopic (exact) mass is 215 g/mol. The Balaban J connectivity index is 2.31. The number of fused-ring (bicyclic) bond motifs is 1. The van der Waals surface area contributed by atoms with Crippen LogP contribution in [0.3, 0.4) is 0 Å². The minimum absolute atomic E-state index is 0.0477. The summed E-state index contributed by atoms with van der Waals surface area (Å²) in [7, 11) is 0. The average Bonchev–Trinajstić information content (AvgIpc) is 2.30. The van der Waals surface area contributed by atoms with Crippen molar-refractivity contribution >= 4 is 11.0 Å². The first kappa shape index (κ1) is 10.9. The maximum absolute atomic E-state index is 11.8. The summed E-state index contributed by atoms with van der Waals surface area (Å²) in [6.45, 7) is 3.79. The van der Waals surface area contributed by atoms with Crippen molar-refractivity contribution in [3.8, 4) is 0 Å². The highest BCUT2D eigenvalue weighted by atomic mass is 16.3. The van der Waals surface area contributed by atoms with E-state index < -0.39 is 0 Å². The summed E-state index contributed by atoms with van der Waals surface area (Å²) in [6, 6.07) is 8.96. The number of unbranched alkanes of at least 4 members (excludes halogenated alkanes) is 2. The molecule has 1 aromatic heterocycles. The molecule has 1 heterocycles. The highest BCUT2D eigenvalue weighted by molar-refractivity contribution is 5.76. The highest BCUT2D eigenvalue weighted by Gasteiger charge is 2.03. The van der Waals surface area contributed by atoms with Gasteiger partial charge in [-0.25, -0.2) is 0 Å². The molecule has 0 amide bonds. The van der Waals surface area contributed by atoms with Crippen LogP contribution < -0.4 is 5.43 Å². The molecule has 2 rings (SSSR count). The topological polar surface area (TPSA) is 30.2 Å². The predicted molar refractivity (Wildman–Crippen MR) is 65.4 cm³/mol. The van der Waals surface area contributed by atoms with E-state index in [0.717, 1.165) is 31.4 Å². The number of rotatable bonds is 4. The van der Waals surface area contributed by atoms with Gasteiger partial charge in [0.15, 0.2) is 5.43 Å². The quantitative estimate of drug-likeness (QED) is 0.732. The Labute approximate surface area is 94.9 Å². The van der Waals surface area contributed by atoms with Gasteiger partial charge in [-0.3, -0.25) is 4.79 Å². The summed E-state index contributed by atoms with van der Waals surface area (Å²) in [6.07, 6.45) is 3.83. The lowest BCUT2D eigenvalue weighted by atomic mass is 10.1. The van der Waals surface area contributed by atoms with E-state index in [4.69, 9.17) is 4.42 Å². The van der Waals surface area contributed by atoms with Crippen LogP contribution in [0.1, 0.15) is 25.0 Å². The molecule has 0 saturated carbocycles. The van der Waals surface area contributed by atoms with Gasteiger partial charge in [0.1, 0.15) is 11.3 Å². The Kier molecular flexibility index (Phi) is 3.40. The molecule has 0 bridgehead atoms. The van der Waals surface area contributed by atoms with E-state index in [-0.39, 0.29) is 5.43 Å².